The number of aryl methyl sites for hydroxylation is 1. The summed E-state index contributed by atoms with van der Waals surface area (Å²) in [6.45, 7) is 6.20. The van der Waals surface area contributed by atoms with Crippen molar-refractivity contribution >= 4 is 43.1 Å². The third-order valence-electron chi connectivity index (χ3n) is 4.74. The Balaban J connectivity index is 0.000000652. The minimum atomic E-state index is 1.33. The maximum absolute atomic E-state index is 2.28. The molecule has 112 valence electrons. The molecule has 0 aliphatic rings. The van der Waals surface area contributed by atoms with Crippen molar-refractivity contribution in [3.8, 4) is 0 Å². The summed E-state index contributed by atoms with van der Waals surface area (Å²) in [6.07, 6.45) is 0. The average molecular weight is 296 g/mol. The minimum absolute atomic E-state index is 1.33. The van der Waals surface area contributed by atoms with Crippen LogP contribution >= 0.6 is 0 Å². The van der Waals surface area contributed by atoms with Crippen molar-refractivity contribution < 1.29 is 0 Å². The topological polar surface area (TPSA) is 0 Å². The van der Waals surface area contributed by atoms with Gasteiger partial charge in [0.15, 0.2) is 0 Å². The van der Waals surface area contributed by atoms with Crippen molar-refractivity contribution in [2.75, 3.05) is 0 Å². The highest BCUT2D eigenvalue weighted by Gasteiger charge is 2.12. The second kappa shape index (κ2) is 5.24. The zero-order valence-electron chi connectivity index (χ0n) is 13.9. The van der Waals surface area contributed by atoms with Gasteiger partial charge in [0.2, 0.25) is 0 Å². The van der Waals surface area contributed by atoms with Crippen LogP contribution in [0.2, 0.25) is 0 Å². The van der Waals surface area contributed by atoms with E-state index >= 15 is 0 Å². The van der Waals surface area contributed by atoms with Crippen LogP contribution in [0.25, 0.3) is 43.1 Å². The van der Waals surface area contributed by atoms with Crippen LogP contribution in [0.4, 0.5) is 0 Å². The standard InChI is InChI=1S/C21H14.C2H6/c1-13-11-12-19-17-9-3-6-14-5-2-8-16(20(14)17)18-10-4-7-15(13)21(18)19;1-2/h2-12H,1H3;1-2H3. The van der Waals surface area contributed by atoms with Crippen LogP contribution < -0.4 is 0 Å². The Labute approximate surface area is 136 Å². The molecule has 0 bridgehead atoms. The molecule has 0 atom stereocenters. The van der Waals surface area contributed by atoms with Gasteiger partial charge >= 0.3 is 0 Å². The van der Waals surface area contributed by atoms with E-state index in [1.807, 2.05) is 13.8 Å². The third-order valence-corrected chi connectivity index (χ3v) is 4.74. The number of hydrogen-bond donors (Lipinski definition) is 0. The summed E-state index contributed by atoms with van der Waals surface area (Å²) in [7, 11) is 0. The first kappa shape index (κ1) is 14.0. The molecule has 0 fully saturated rings. The van der Waals surface area contributed by atoms with Gasteiger partial charge in [0.1, 0.15) is 0 Å². The lowest BCUT2D eigenvalue weighted by Crippen LogP contribution is -1.87. The van der Waals surface area contributed by atoms with E-state index in [2.05, 4.69) is 73.7 Å². The van der Waals surface area contributed by atoms with Crippen LogP contribution in [0, 0.1) is 6.92 Å². The molecule has 0 unspecified atom stereocenters. The van der Waals surface area contributed by atoms with E-state index in [1.54, 1.807) is 0 Å². The zero-order valence-corrected chi connectivity index (χ0v) is 13.9. The molecule has 5 aromatic carbocycles. The fourth-order valence-electron chi connectivity index (χ4n) is 3.79. The Morgan fingerprint density at radius 2 is 0.957 bits per heavy atom. The van der Waals surface area contributed by atoms with Crippen molar-refractivity contribution in [1.82, 2.24) is 0 Å². The predicted octanol–water partition coefficient (Wildman–Crippen LogP) is 7.07. The lowest BCUT2D eigenvalue weighted by Gasteiger charge is -2.15. The molecule has 0 amide bonds. The molecular formula is C23H20. The van der Waals surface area contributed by atoms with Gasteiger partial charge in [-0.15, -0.1) is 0 Å². The molecule has 0 heteroatoms. The molecule has 0 saturated carbocycles. The van der Waals surface area contributed by atoms with E-state index in [9.17, 15) is 0 Å². The van der Waals surface area contributed by atoms with E-state index in [-0.39, 0.29) is 0 Å². The Hall–Kier alpha value is -2.60. The number of rotatable bonds is 0. The highest BCUT2D eigenvalue weighted by Crippen LogP contribution is 2.40. The summed E-state index contributed by atoms with van der Waals surface area (Å²) in [5.74, 6) is 0. The number of hydrogen-bond acceptors (Lipinski definition) is 0. The second-order valence-corrected chi connectivity index (χ2v) is 5.87. The smallest absolute Gasteiger partial charge is 0.00237 e. The van der Waals surface area contributed by atoms with Crippen LogP contribution in [0.15, 0.2) is 66.7 Å². The second-order valence-electron chi connectivity index (χ2n) is 5.87. The van der Waals surface area contributed by atoms with Gasteiger partial charge in [0, 0.05) is 0 Å². The highest BCUT2D eigenvalue weighted by atomic mass is 14.2. The van der Waals surface area contributed by atoms with E-state index in [0.717, 1.165) is 0 Å². The first-order valence-corrected chi connectivity index (χ1v) is 8.39. The lowest BCUT2D eigenvalue weighted by atomic mass is 9.89. The fourth-order valence-corrected chi connectivity index (χ4v) is 3.79. The molecular weight excluding hydrogens is 276 g/mol. The van der Waals surface area contributed by atoms with Gasteiger partial charge in [-0.1, -0.05) is 80.6 Å². The molecule has 0 N–H and O–H groups in total. The summed E-state index contributed by atoms with van der Waals surface area (Å²) in [4.78, 5) is 0. The largest absolute Gasteiger partial charge is 0.0683 e. The molecule has 0 radical (unpaired) electrons. The number of benzene rings is 5. The normalized spacial score (nSPS) is 11.3. The number of fused-ring (bicyclic) bond motifs is 2. The van der Waals surface area contributed by atoms with E-state index in [4.69, 9.17) is 0 Å². The van der Waals surface area contributed by atoms with Gasteiger partial charge in [0.05, 0.1) is 0 Å². The first-order valence-electron chi connectivity index (χ1n) is 8.39. The van der Waals surface area contributed by atoms with Gasteiger partial charge in [-0.05, 0) is 55.6 Å². The fraction of sp³-hybridized carbons (Fsp3) is 0.130. The lowest BCUT2D eigenvalue weighted by molar-refractivity contribution is 1.50. The molecule has 0 spiro atoms. The van der Waals surface area contributed by atoms with Crippen LogP contribution in [0.3, 0.4) is 0 Å². The predicted molar refractivity (Wildman–Crippen MR) is 104 cm³/mol. The molecule has 0 saturated heterocycles. The van der Waals surface area contributed by atoms with Gasteiger partial charge in [0.25, 0.3) is 0 Å². The summed E-state index contributed by atoms with van der Waals surface area (Å²) in [5.41, 5.74) is 1.35. The van der Waals surface area contributed by atoms with Gasteiger partial charge in [-0.3, -0.25) is 0 Å². The van der Waals surface area contributed by atoms with Crippen molar-refractivity contribution in [3.05, 3.63) is 72.3 Å². The van der Waals surface area contributed by atoms with Gasteiger partial charge < -0.3 is 0 Å². The third kappa shape index (κ3) is 1.85. The quantitative estimate of drug-likeness (QED) is 0.212. The molecule has 0 aliphatic heterocycles. The SMILES string of the molecule is CC.Cc1ccc2c3cccc4cccc(c5cccc1c52)c43. The van der Waals surface area contributed by atoms with Crippen molar-refractivity contribution in [2.45, 2.75) is 20.8 Å². The Morgan fingerprint density at radius 1 is 0.478 bits per heavy atom. The van der Waals surface area contributed by atoms with Gasteiger partial charge in [-0.2, -0.15) is 0 Å². The summed E-state index contributed by atoms with van der Waals surface area (Å²) < 4.78 is 0. The first-order chi connectivity index (χ1) is 11.3. The van der Waals surface area contributed by atoms with Crippen molar-refractivity contribution in [1.29, 1.82) is 0 Å². The summed E-state index contributed by atoms with van der Waals surface area (Å²) in [5, 5.41) is 11.0. The summed E-state index contributed by atoms with van der Waals surface area (Å²) >= 11 is 0. The summed E-state index contributed by atoms with van der Waals surface area (Å²) in [6, 6.07) is 24.5. The van der Waals surface area contributed by atoms with E-state index in [0.29, 0.717) is 0 Å². The minimum Gasteiger partial charge on any atom is -0.0683 e. The van der Waals surface area contributed by atoms with Crippen LogP contribution in [0.1, 0.15) is 19.4 Å². The van der Waals surface area contributed by atoms with E-state index < -0.39 is 0 Å². The molecule has 0 aliphatic carbocycles. The van der Waals surface area contributed by atoms with E-state index in [1.165, 1.54) is 48.7 Å². The average Bonchev–Trinajstić information content (AvgIpc) is 2.62. The molecule has 5 rings (SSSR count). The van der Waals surface area contributed by atoms with Crippen LogP contribution in [-0.4, -0.2) is 0 Å². The Bertz CT molecular complexity index is 1080. The van der Waals surface area contributed by atoms with Crippen molar-refractivity contribution in [3.63, 3.8) is 0 Å². The van der Waals surface area contributed by atoms with Crippen molar-refractivity contribution in [2.24, 2.45) is 0 Å². The molecule has 0 aromatic heterocycles. The maximum atomic E-state index is 2.28. The molecule has 0 heterocycles. The monoisotopic (exact) mass is 296 g/mol. The highest BCUT2D eigenvalue weighted by molar-refractivity contribution is 6.33. The Kier molecular flexibility index (Phi) is 3.20. The van der Waals surface area contributed by atoms with Gasteiger partial charge in [-0.25, -0.2) is 0 Å². The zero-order chi connectivity index (χ0) is 16.0. The Morgan fingerprint density at radius 3 is 1.61 bits per heavy atom. The maximum Gasteiger partial charge on any atom is -0.00237 e. The molecule has 23 heavy (non-hydrogen) atoms. The molecule has 0 nitrogen and oxygen atoms in total. The molecule has 5 aromatic rings. The van der Waals surface area contributed by atoms with Crippen LogP contribution in [0.5, 0.6) is 0 Å². The van der Waals surface area contributed by atoms with Crippen LogP contribution in [-0.2, 0) is 0 Å².